The first kappa shape index (κ1) is 12.1. The minimum Gasteiger partial charge on any atom is -0.332 e. The Hall–Kier alpha value is -1.39. The number of hydrogen-bond donors (Lipinski definition) is 1. The first-order chi connectivity index (χ1) is 8.22. The molecule has 1 aromatic rings. The van der Waals surface area contributed by atoms with E-state index in [2.05, 4.69) is 11.9 Å². The summed E-state index contributed by atoms with van der Waals surface area (Å²) in [6.45, 7) is 3.04. The minimum atomic E-state index is 0.0918. The number of piperazine rings is 1. The van der Waals surface area contributed by atoms with Crippen molar-refractivity contribution in [2.45, 2.75) is 6.04 Å². The van der Waals surface area contributed by atoms with Gasteiger partial charge in [0.1, 0.15) is 0 Å². The molecule has 0 aliphatic carbocycles. The van der Waals surface area contributed by atoms with Crippen molar-refractivity contribution in [2.24, 2.45) is 5.73 Å². The number of nitrogens with two attached hydrogens (primary N) is 1. The van der Waals surface area contributed by atoms with Crippen molar-refractivity contribution in [1.82, 2.24) is 9.80 Å². The van der Waals surface area contributed by atoms with Gasteiger partial charge in [-0.05, 0) is 19.2 Å². The molecule has 0 bridgehead atoms. The number of amides is 1. The van der Waals surface area contributed by atoms with Gasteiger partial charge < -0.3 is 15.5 Å². The molecule has 1 amide bonds. The molecule has 92 valence electrons. The van der Waals surface area contributed by atoms with Crippen molar-refractivity contribution in [3.63, 3.8) is 0 Å². The molecule has 17 heavy (non-hydrogen) atoms. The molecule has 0 saturated carbocycles. The zero-order chi connectivity index (χ0) is 12.3. The summed E-state index contributed by atoms with van der Waals surface area (Å²) in [7, 11) is 2.06. The van der Waals surface area contributed by atoms with Crippen molar-refractivity contribution < 1.29 is 4.79 Å². The van der Waals surface area contributed by atoms with E-state index >= 15 is 0 Å². The quantitative estimate of drug-likeness (QED) is 0.804. The maximum atomic E-state index is 12.3. The van der Waals surface area contributed by atoms with E-state index in [1.165, 1.54) is 0 Å². The summed E-state index contributed by atoms with van der Waals surface area (Å²) in [6.07, 6.45) is 0. The predicted molar refractivity (Wildman–Crippen MR) is 67.8 cm³/mol. The third kappa shape index (κ3) is 2.65. The molecule has 1 fully saturated rings. The second kappa shape index (κ2) is 5.29. The van der Waals surface area contributed by atoms with Crippen LogP contribution in [-0.4, -0.2) is 55.0 Å². The molecule has 2 rings (SSSR count). The van der Waals surface area contributed by atoms with Gasteiger partial charge in [0.15, 0.2) is 0 Å². The van der Waals surface area contributed by atoms with Crippen molar-refractivity contribution in [3.05, 3.63) is 35.9 Å². The smallest absolute Gasteiger partial charge is 0.254 e. The van der Waals surface area contributed by atoms with E-state index in [0.717, 1.165) is 25.2 Å². The number of carbonyl (C=O) groups excluding carboxylic acids is 1. The standard InChI is InChI=1S/C13H19N3O/c1-15-7-8-16(12(9-14)10-15)13(17)11-5-3-2-4-6-11/h2-6,12H,7-10,14H2,1H3. The molecule has 1 atom stereocenters. The number of rotatable bonds is 2. The number of benzene rings is 1. The molecular formula is C13H19N3O. The average molecular weight is 233 g/mol. The molecule has 1 unspecified atom stereocenters. The maximum Gasteiger partial charge on any atom is 0.254 e. The van der Waals surface area contributed by atoms with Crippen LogP contribution in [0.3, 0.4) is 0 Å². The highest BCUT2D eigenvalue weighted by Gasteiger charge is 2.28. The lowest BCUT2D eigenvalue weighted by Gasteiger charge is -2.39. The van der Waals surface area contributed by atoms with Gasteiger partial charge in [-0.3, -0.25) is 4.79 Å². The van der Waals surface area contributed by atoms with Crippen LogP contribution in [0.4, 0.5) is 0 Å². The fourth-order valence-corrected chi connectivity index (χ4v) is 2.23. The van der Waals surface area contributed by atoms with Gasteiger partial charge >= 0.3 is 0 Å². The van der Waals surface area contributed by atoms with E-state index < -0.39 is 0 Å². The van der Waals surface area contributed by atoms with Crippen LogP contribution in [0, 0.1) is 0 Å². The number of hydrogen-bond acceptors (Lipinski definition) is 3. The summed E-state index contributed by atoms with van der Waals surface area (Å²) in [5, 5.41) is 0. The Bertz CT molecular complexity index is 380. The Morgan fingerprint density at radius 3 is 2.71 bits per heavy atom. The summed E-state index contributed by atoms with van der Waals surface area (Å²) in [5.74, 6) is 0.0918. The van der Waals surface area contributed by atoms with Gasteiger partial charge in [0, 0.05) is 31.7 Å². The van der Waals surface area contributed by atoms with Crippen molar-refractivity contribution in [3.8, 4) is 0 Å². The first-order valence-electron chi connectivity index (χ1n) is 5.97. The number of nitrogens with zero attached hydrogens (tertiary/aromatic N) is 2. The van der Waals surface area contributed by atoms with Gasteiger partial charge in [-0.25, -0.2) is 0 Å². The Kier molecular flexibility index (Phi) is 3.76. The van der Waals surface area contributed by atoms with Crippen molar-refractivity contribution >= 4 is 5.91 Å². The molecule has 0 aromatic heterocycles. The van der Waals surface area contributed by atoms with Crippen LogP contribution in [-0.2, 0) is 0 Å². The number of carbonyl (C=O) groups is 1. The minimum absolute atomic E-state index is 0.0918. The van der Waals surface area contributed by atoms with E-state index in [0.29, 0.717) is 6.54 Å². The van der Waals surface area contributed by atoms with Gasteiger partial charge in [0.25, 0.3) is 5.91 Å². The van der Waals surface area contributed by atoms with Crippen LogP contribution < -0.4 is 5.73 Å². The van der Waals surface area contributed by atoms with Crippen LogP contribution in [0.15, 0.2) is 30.3 Å². The lowest BCUT2D eigenvalue weighted by molar-refractivity contribution is 0.0516. The summed E-state index contributed by atoms with van der Waals surface area (Å²) >= 11 is 0. The molecule has 0 spiro atoms. The normalized spacial score (nSPS) is 21.5. The fourth-order valence-electron chi connectivity index (χ4n) is 2.23. The topological polar surface area (TPSA) is 49.6 Å². The Labute approximate surface area is 102 Å². The Morgan fingerprint density at radius 1 is 1.35 bits per heavy atom. The van der Waals surface area contributed by atoms with E-state index in [1.807, 2.05) is 35.2 Å². The zero-order valence-electron chi connectivity index (χ0n) is 10.2. The molecule has 4 nitrogen and oxygen atoms in total. The number of likely N-dealkylation sites (N-methyl/N-ethyl adjacent to an activating group) is 1. The van der Waals surface area contributed by atoms with Gasteiger partial charge in [0.05, 0.1) is 6.04 Å². The highest BCUT2D eigenvalue weighted by Crippen LogP contribution is 2.12. The first-order valence-corrected chi connectivity index (χ1v) is 5.97. The maximum absolute atomic E-state index is 12.3. The third-order valence-electron chi connectivity index (χ3n) is 3.24. The molecule has 1 aromatic carbocycles. The molecule has 2 N–H and O–H groups in total. The molecule has 1 heterocycles. The Balaban J connectivity index is 2.13. The van der Waals surface area contributed by atoms with Crippen molar-refractivity contribution in [1.29, 1.82) is 0 Å². The van der Waals surface area contributed by atoms with E-state index in [1.54, 1.807) is 0 Å². The van der Waals surface area contributed by atoms with E-state index in [4.69, 9.17) is 5.73 Å². The fraction of sp³-hybridized carbons (Fsp3) is 0.462. The monoisotopic (exact) mass is 233 g/mol. The molecule has 1 aliphatic heterocycles. The zero-order valence-corrected chi connectivity index (χ0v) is 10.2. The summed E-state index contributed by atoms with van der Waals surface area (Å²) in [5.41, 5.74) is 6.50. The lowest BCUT2D eigenvalue weighted by atomic mass is 10.1. The van der Waals surface area contributed by atoms with E-state index in [9.17, 15) is 4.79 Å². The van der Waals surface area contributed by atoms with Crippen LogP contribution in [0.2, 0.25) is 0 Å². The molecular weight excluding hydrogens is 214 g/mol. The van der Waals surface area contributed by atoms with Crippen LogP contribution in [0.1, 0.15) is 10.4 Å². The van der Waals surface area contributed by atoms with Gasteiger partial charge in [-0.1, -0.05) is 18.2 Å². The predicted octanol–water partition coefficient (Wildman–Crippen LogP) is 0.402. The molecule has 1 saturated heterocycles. The molecule has 0 radical (unpaired) electrons. The highest BCUT2D eigenvalue weighted by atomic mass is 16.2. The largest absolute Gasteiger partial charge is 0.332 e. The van der Waals surface area contributed by atoms with Gasteiger partial charge in [-0.2, -0.15) is 0 Å². The van der Waals surface area contributed by atoms with E-state index in [-0.39, 0.29) is 11.9 Å². The van der Waals surface area contributed by atoms with Crippen LogP contribution in [0.25, 0.3) is 0 Å². The van der Waals surface area contributed by atoms with Crippen LogP contribution >= 0.6 is 0 Å². The third-order valence-corrected chi connectivity index (χ3v) is 3.24. The summed E-state index contributed by atoms with van der Waals surface area (Å²) < 4.78 is 0. The van der Waals surface area contributed by atoms with Crippen molar-refractivity contribution in [2.75, 3.05) is 33.2 Å². The lowest BCUT2D eigenvalue weighted by Crippen LogP contribution is -2.56. The van der Waals surface area contributed by atoms with Gasteiger partial charge in [0.2, 0.25) is 0 Å². The second-order valence-corrected chi connectivity index (χ2v) is 4.52. The SMILES string of the molecule is CN1CCN(C(=O)c2ccccc2)C(CN)C1. The Morgan fingerprint density at radius 2 is 2.06 bits per heavy atom. The average Bonchev–Trinajstić information content (AvgIpc) is 2.39. The molecule has 1 aliphatic rings. The molecule has 4 heteroatoms. The summed E-state index contributed by atoms with van der Waals surface area (Å²) in [4.78, 5) is 16.4. The second-order valence-electron chi connectivity index (χ2n) is 4.52. The highest BCUT2D eigenvalue weighted by molar-refractivity contribution is 5.94. The summed E-state index contributed by atoms with van der Waals surface area (Å²) in [6, 6.07) is 9.53. The van der Waals surface area contributed by atoms with Crippen LogP contribution in [0.5, 0.6) is 0 Å². The van der Waals surface area contributed by atoms with Gasteiger partial charge in [-0.15, -0.1) is 0 Å².